The minimum absolute atomic E-state index is 1.01. The van der Waals surface area contributed by atoms with Crippen LogP contribution in [0.3, 0.4) is 0 Å². The van der Waals surface area contributed by atoms with Crippen LogP contribution in [0.4, 0.5) is 0 Å². The van der Waals surface area contributed by atoms with Gasteiger partial charge in [0, 0.05) is 11.4 Å². The van der Waals surface area contributed by atoms with Gasteiger partial charge in [0.05, 0.1) is 0 Å². The zero-order chi connectivity index (χ0) is 12.6. The Bertz CT molecular complexity index is 366. The van der Waals surface area contributed by atoms with Crippen LogP contribution in [0.2, 0.25) is 0 Å². The lowest BCUT2D eigenvalue weighted by atomic mass is 10.1. The lowest BCUT2D eigenvalue weighted by Crippen LogP contribution is -2.17. The molecular weight excluding hydrogens is 240 g/mol. The highest BCUT2D eigenvalue weighted by Crippen LogP contribution is 2.30. The monoisotopic (exact) mass is 264 g/mol. The summed E-state index contributed by atoms with van der Waals surface area (Å²) in [6.07, 6.45) is 5.10. The summed E-state index contributed by atoms with van der Waals surface area (Å²) in [5.74, 6) is 1.29. The van der Waals surface area contributed by atoms with E-state index >= 15 is 0 Å². The van der Waals surface area contributed by atoms with E-state index in [-0.39, 0.29) is 0 Å². The highest BCUT2D eigenvalue weighted by Gasteiger charge is 2.09. The van der Waals surface area contributed by atoms with Gasteiger partial charge in [-0.2, -0.15) is 0 Å². The van der Waals surface area contributed by atoms with Gasteiger partial charge in [-0.25, -0.2) is 0 Å². The van der Waals surface area contributed by atoms with Crippen LogP contribution in [-0.2, 0) is 13.0 Å². The largest absolute Gasteiger partial charge is 0.320 e. The van der Waals surface area contributed by atoms with E-state index < -0.39 is 0 Å². The van der Waals surface area contributed by atoms with Crippen molar-refractivity contribution in [3.05, 3.63) is 29.3 Å². The molecular formula is C15H24N2S. The first-order valence-corrected chi connectivity index (χ1v) is 7.98. The highest BCUT2D eigenvalue weighted by molar-refractivity contribution is 7.99. The van der Waals surface area contributed by atoms with Gasteiger partial charge in [0.1, 0.15) is 0 Å². The second-order valence-electron chi connectivity index (χ2n) is 4.88. The summed E-state index contributed by atoms with van der Waals surface area (Å²) in [4.78, 5) is 1.50. The van der Waals surface area contributed by atoms with E-state index in [4.69, 9.17) is 0 Å². The standard InChI is InChI=1S/C15H24N2S/c1-16-8-2-3-9-17-12-13-6-7-15-14(11-13)5-4-10-18-15/h6-7,11,16-17H,2-5,8-10,12H2,1H3. The van der Waals surface area contributed by atoms with Crippen molar-refractivity contribution in [2.45, 2.75) is 37.1 Å². The molecule has 0 radical (unpaired) electrons. The Balaban J connectivity index is 1.72. The molecule has 18 heavy (non-hydrogen) atoms. The van der Waals surface area contributed by atoms with E-state index in [1.54, 1.807) is 5.56 Å². The number of fused-ring (bicyclic) bond motifs is 1. The molecule has 0 spiro atoms. The van der Waals surface area contributed by atoms with Crippen LogP contribution in [0.15, 0.2) is 23.1 Å². The molecule has 1 aliphatic rings. The third kappa shape index (κ3) is 4.30. The molecule has 2 N–H and O–H groups in total. The molecule has 0 saturated carbocycles. The summed E-state index contributed by atoms with van der Waals surface area (Å²) in [5, 5.41) is 6.71. The Kier molecular flexibility index (Phi) is 6.05. The number of thioether (sulfide) groups is 1. The molecule has 1 aromatic rings. The Morgan fingerprint density at radius 2 is 2.11 bits per heavy atom. The number of unbranched alkanes of at least 4 members (excludes halogenated alkanes) is 1. The average Bonchev–Trinajstić information content (AvgIpc) is 2.42. The van der Waals surface area contributed by atoms with Gasteiger partial charge < -0.3 is 10.6 Å². The predicted octanol–water partition coefficient (Wildman–Crippen LogP) is 2.81. The Hall–Kier alpha value is -0.510. The van der Waals surface area contributed by atoms with Gasteiger partial charge in [0.2, 0.25) is 0 Å². The van der Waals surface area contributed by atoms with Crippen LogP contribution < -0.4 is 10.6 Å². The fraction of sp³-hybridized carbons (Fsp3) is 0.600. The quantitative estimate of drug-likeness (QED) is 0.741. The topological polar surface area (TPSA) is 24.1 Å². The number of nitrogens with one attached hydrogen (secondary N) is 2. The van der Waals surface area contributed by atoms with E-state index in [1.807, 2.05) is 18.8 Å². The van der Waals surface area contributed by atoms with Crippen molar-refractivity contribution in [3.63, 3.8) is 0 Å². The molecule has 0 atom stereocenters. The Morgan fingerprint density at radius 1 is 1.22 bits per heavy atom. The molecule has 2 rings (SSSR count). The first kappa shape index (κ1) is 13.9. The lowest BCUT2D eigenvalue weighted by Gasteiger charge is -2.16. The molecule has 0 saturated heterocycles. The molecule has 0 fully saturated rings. The fourth-order valence-electron chi connectivity index (χ4n) is 2.31. The third-order valence-corrected chi connectivity index (χ3v) is 4.53. The molecule has 0 aliphatic carbocycles. The fourth-order valence-corrected chi connectivity index (χ4v) is 3.33. The molecule has 1 aromatic carbocycles. The number of hydrogen-bond acceptors (Lipinski definition) is 3. The second-order valence-corrected chi connectivity index (χ2v) is 6.02. The number of benzene rings is 1. The summed E-state index contributed by atoms with van der Waals surface area (Å²) in [5.41, 5.74) is 2.99. The molecule has 0 unspecified atom stereocenters. The summed E-state index contributed by atoms with van der Waals surface area (Å²) in [7, 11) is 2.01. The lowest BCUT2D eigenvalue weighted by molar-refractivity contribution is 0.605. The maximum Gasteiger partial charge on any atom is 0.0205 e. The van der Waals surface area contributed by atoms with Gasteiger partial charge in [-0.3, -0.25) is 0 Å². The van der Waals surface area contributed by atoms with Crippen LogP contribution in [0.1, 0.15) is 30.4 Å². The Labute approximate surface area is 115 Å². The number of hydrogen-bond donors (Lipinski definition) is 2. The summed E-state index contributed by atoms with van der Waals surface area (Å²) in [6, 6.07) is 6.97. The minimum atomic E-state index is 1.01. The van der Waals surface area contributed by atoms with E-state index in [9.17, 15) is 0 Å². The summed E-state index contributed by atoms with van der Waals surface area (Å²) >= 11 is 2.01. The summed E-state index contributed by atoms with van der Waals surface area (Å²) in [6.45, 7) is 3.25. The molecule has 0 amide bonds. The number of aryl methyl sites for hydroxylation is 1. The highest BCUT2D eigenvalue weighted by atomic mass is 32.2. The molecule has 2 nitrogen and oxygen atoms in total. The van der Waals surface area contributed by atoms with Gasteiger partial charge >= 0.3 is 0 Å². The maximum atomic E-state index is 3.53. The zero-order valence-electron chi connectivity index (χ0n) is 11.3. The molecule has 0 bridgehead atoms. The van der Waals surface area contributed by atoms with Crippen molar-refractivity contribution in [2.75, 3.05) is 25.9 Å². The van der Waals surface area contributed by atoms with Crippen molar-refractivity contribution in [3.8, 4) is 0 Å². The SMILES string of the molecule is CNCCCCNCc1ccc2c(c1)CCCS2. The second kappa shape index (κ2) is 7.82. The van der Waals surface area contributed by atoms with Crippen LogP contribution in [0.25, 0.3) is 0 Å². The Morgan fingerprint density at radius 3 is 3.00 bits per heavy atom. The predicted molar refractivity (Wildman–Crippen MR) is 80.4 cm³/mol. The van der Waals surface area contributed by atoms with Crippen molar-refractivity contribution in [1.29, 1.82) is 0 Å². The van der Waals surface area contributed by atoms with E-state index in [2.05, 4.69) is 28.8 Å². The van der Waals surface area contributed by atoms with Gasteiger partial charge in [-0.15, -0.1) is 11.8 Å². The van der Waals surface area contributed by atoms with Crippen molar-refractivity contribution < 1.29 is 0 Å². The van der Waals surface area contributed by atoms with Crippen molar-refractivity contribution >= 4 is 11.8 Å². The maximum absolute atomic E-state index is 3.53. The molecule has 0 aromatic heterocycles. The van der Waals surface area contributed by atoms with Crippen LogP contribution >= 0.6 is 11.8 Å². The van der Waals surface area contributed by atoms with Crippen LogP contribution in [-0.4, -0.2) is 25.9 Å². The van der Waals surface area contributed by atoms with Gasteiger partial charge in [0.15, 0.2) is 0 Å². The van der Waals surface area contributed by atoms with E-state index in [0.717, 1.165) is 19.6 Å². The van der Waals surface area contributed by atoms with E-state index in [0.29, 0.717) is 0 Å². The zero-order valence-corrected chi connectivity index (χ0v) is 12.1. The van der Waals surface area contributed by atoms with Gasteiger partial charge in [-0.05, 0) is 68.8 Å². The van der Waals surface area contributed by atoms with E-state index in [1.165, 1.54) is 41.9 Å². The van der Waals surface area contributed by atoms with Crippen LogP contribution in [0.5, 0.6) is 0 Å². The minimum Gasteiger partial charge on any atom is -0.320 e. The average molecular weight is 264 g/mol. The first-order chi connectivity index (χ1) is 8.90. The van der Waals surface area contributed by atoms with Crippen molar-refractivity contribution in [1.82, 2.24) is 10.6 Å². The molecule has 1 heterocycles. The smallest absolute Gasteiger partial charge is 0.0205 e. The first-order valence-electron chi connectivity index (χ1n) is 7.00. The molecule has 100 valence electrons. The normalized spacial score (nSPS) is 14.5. The number of rotatable bonds is 7. The third-order valence-electron chi connectivity index (χ3n) is 3.33. The summed E-state index contributed by atoms with van der Waals surface area (Å²) < 4.78 is 0. The molecule has 3 heteroatoms. The van der Waals surface area contributed by atoms with Crippen LogP contribution in [0, 0.1) is 0 Å². The van der Waals surface area contributed by atoms with Crippen molar-refractivity contribution in [2.24, 2.45) is 0 Å². The van der Waals surface area contributed by atoms with Gasteiger partial charge in [-0.1, -0.05) is 12.1 Å². The van der Waals surface area contributed by atoms with Gasteiger partial charge in [0.25, 0.3) is 0 Å². The molecule has 1 aliphatic heterocycles.